The number of hydrogen-bond donors (Lipinski definition) is 1. The molecule has 1 N–H and O–H groups in total. The Labute approximate surface area is 308 Å². The van der Waals surface area contributed by atoms with Crippen LogP contribution in [0.5, 0.6) is 23.0 Å². The number of H-pyrrole nitrogens is 1. The van der Waals surface area contributed by atoms with E-state index < -0.39 is 34.8 Å². The molecule has 0 saturated carbocycles. The van der Waals surface area contributed by atoms with Crippen LogP contribution in [0.15, 0.2) is 76.9 Å². The molecule has 0 spiro atoms. The monoisotopic (exact) mass is 741 g/mol. The number of hydrogen-bond acceptors (Lipinski definition) is 12. The molecule has 0 atom stereocenters. The fourth-order valence-electron chi connectivity index (χ4n) is 4.99. The number of fused-ring (bicyclic) bond motifs is 2. The fraction of sp³-hybridized carbons (Fsp3) is 0.282. The maximum Gasteiger partial charge on any atom is 0.310 e. The zero-order chi connectivity index (χ0) is 39.2. The van der Waals surface area contributed by atoms with Gasteiger partial charge in [0.05, 0.1) is 25.3 Å². The summed E-state index contributed by atoms with van der Waals surface area (Å²) in [6, 6.07) is 11.6. The number of aliphatic imine (C=N–C) groups is 1. The van der Waals surface area contributed by atoms with Gasteiger partial charge in [-0.3, -0.25) is 19.2 Å². The summed E-state index contributed by atoms with van der Waals surface area (Å²) in [5, 5.41) is 0. The lowest BCUT2D eigenvalue weighted by molar-refractivity contribution is -0.155. The number of ketones is 1. The predicted octanol–water partition coefficient (Wildman–Crippen LogP) is 6.86. The number of carbonyl (C=O) groups is 3. The summed E-state index contributed by atoms with van der Waals surface area (Å²) in [4.78, 5) is 65.3. The van der Waals surface area contributed by atoms with Gasteiger partial charge in [-0.2, -0.15) is 0 Å². The van der Waals surface area contributed by atoms with E-state index in [-0.39, 0.29) is 58.9 Å². The average Bonchev–Trinajstić information content (AvgIpc) is 3.06. The van der Waals surface area contributed by atoms with Gasteiger partial charge < -0.3 is 23.9 Å². The lowest BCUT2D eigenvalue weighted by atomic mass is 10.1. The van der Waals surface area contributed by atoms with E-state index >= 15 is 0 Å². The number of benzene rings is 2. The van der Waals surface area contributed by atoms with Crippen molar-refractivity contribution in [3.8, 4) is 23.0 Å². The van der Waals surface area contributed by atoms with Crippen molar-refractivity contribution < 1.29 is 42.1 Å². The van der Waals surface area contributed by atoms with Crippen molar-refractivity contribution in [3.63, 3.8) is 0 Å². The summed E-state index contributed by atoms with van der Waals surface area (Å²) in [6.45, 7) is 10.5. The zero-order valence-electron chi connectivity index (χ0n) is 30.4. The van der Waals surface area contributed by atoms with Crippen molar-refractivity contribution in [1.29, 1.82) is 0 Å². The highest BCUT2D eigenvalue weighted by atomic mass is 19.1. The Hall–Kier alpha value is -6.38. The second kappa shape index (κ2) is 16.1. The molecule has 0 radical (unpaired) electrons. The average molecular weight is 742 g/mol. The number of Topliss-reactive ketones (excluding diaryl/α,β-unsaturated/α-hetero) is 1. The number of nitrogens with one attached hydrogen (secondary N) is 1. The highest BCUT2D eigenvalue weighted by Crippen LogP contribution is 2.33. The zero-order valence-corrected chi connectivity index (χ0v) is 30.4. The van der Waals surface area contributed by atoms with E-state index in [9.17, 15) is 28.0 Å². The Morgan fingerprint density at radius 2 is 1.28 bits per heavy atom. The molecule has 4 heterocycles. The molecule has 0 amide bonds. The Balaban J connectivity index is 0.000000208. The normalized spacial score (nSPS) is 12.3. The summed E-state index contributed by atoms with van der Waals surface area (Å²) < 4.78 is 50.5. The van der Waals surface area contributed by atoms with E-state index in [0.29, 0.717) is 28.4 Å². The summed E-state index contributed by atoms with van der Waals surface area (Å²) in [5.41, 5.74) is -0.0544. The lowest BCUT2D eigenvalue weighted by Crippen LogP contribution is -2.25. The van der Waals surface area contributed by atoms with Gasteiger partial charge in [0.15, 0.2) is 23.0 Å². The first-order chi connectivity index (χ1) is 25.4. The highest BCUT2D eigenvalue weighted by Gasteiger charge is 2.21. The summed E-state index contributed by atoms with van der Waals surface area (Å²) in [7, 11) is 0. The number of aromatic amines is 1. The number of pyridine rings is 2. The summed E-state index contributed by atoms with van der Waals surface area (Å²) in [6.07, 6.45) is 5.07. The van der Waals surface area contributed by atoms with E-state index in [1.165, 1.54) is 42.9 Å². The van der Waals surface area contributed by atoms with Crippen LogP contribution < -0.4 is 15.0 Å². The lowest BCUT2D eigenvalue weighted by Gasteiger charge is -2.19. The van der Waals surface area contributed by atoms with Crippen LogP contribution in [-0.2, 0) is 43.1 Å². The maximum absolute atomic E-state index is 14.4. The van der Waals surface area contributed by atoms with Crippen molar-refractivity contribution in [1.82, 2.24) is 19.9 Å². The van der Waals surface area contributed by atoms with Gasteiger partial charge in [0.1, 0.15) is 45.6 Å². The van der Waals surface area contributed by atoms with Crippen LogP contribution in [0, 0.1) is 11.6 Å². The number of halogens is 2. The Morgan fingerprint density at radius 1 is 0.741 bits per heavy atom. The molecule has 54 heavy (non-hydrogen) atoms. The predicted molar refractivity (Wildman–Crippen MR) is 193 cm³/mol. The second-order valence-corrected chi connectivity index (χ2v) is 14.0. The van der Waals surface area contributed by atoms with Crippen molar-refractivity contribution >= 4 is 40.9 Å². The molecule has 1 aliphatic heterocycles. The molecule has 0 saturated heterocycles. The minimum atomic E-state index is -0.632. The molecule has 0 fully saturated rings. The van der Waals surface area contributed by atoms with E-state index in [4.69, 9.17) is 18.9 Å². The van der Waals surface area contributed by atoms with E-state index in [2.05, 4.69) is 24.9 Å². The number of esters is 2. The summed E-state index contributed by atoms with van der Waals surface area (Å²) >= 11 is 0. The van der Waals surface area contributed by atoms with Gasteiger partial charge in [-0.15, -0.1) is 0 Å². The van der Waals surface area contributed by atoms with Crippen LogP contribution >= 0.6 is 0 Å². The fourth-order valence-corrected chi connectivity index (χ4v) is 4.99. The molecular formula is C39H37F2N5O8. The van der Waals surface area contributed by atoms with Crippen molar-refractivity contribution in [2.75, 3.05) is 0 Å². The largest absolute Gasteiger partial charge is 0.460 e. The standard InChI is InChI=1S/C20H19FN2O4.C19H18FN3O4/c1-20(2,3)27-18(25)8-12-4-5-14(10-16(12)21)26-17-6-7-22-19-15(17)9-13(24)11-23-19;1-19(2,3)27-16(25)8-11-4-5-12(9-13(11)20)26-14-6-7-21-18-17(14)22-10-15(24)23-18/h4-7,10-11H,8-9H2,1-3H3;4-7,9-10H,8H2,1-3H3,(H,21,23,24). The number of aromatic nitrogens is 4. The smallest absolute Gasteiger partial charge is 0.310 e. The molecule has 15 heteroatoms. The molecule has 2 aromatic carbocycles. The number of carbonyl (C=O) groups excluding carboxylic acids is 3. The number of nitrogens with zero attached hydrogens (tertiary/aromatic N) is 4. The summed E-state index contributed by atoms with van der Waals surface area (Å²) in [5.74, 6) is -0.739. The molecule has 280 valence electrons. The van der Waals surface area contributed by atoms with E-state index in [0.717, 1.165) is 6.20 Å². The van der Waals surface area contributed by atoms with E-state index in [1.54, 1.807) is 65.8 Å². The van der Waals surface area contributed by atoms with Gasteiger partial charge in [-0.1, -0.05) is 12.1 Å². The molecule has 0 unspecified atom stereocenters. The SMILES string of the molecule is CC(C)(C)OC(=O)Cc1ccc(Oc2ccnc3[nH]c(=O)cnc23)cc1F.CC(C)(C)OC(=O)Cc1ccc(Oc2ccnc3c2CC(=O)C=N3)cc1F. The van der Waals surface area contributed by atoms with Crippen molar-refractivity contribution in [2.24, 2.45) is 4.99 Å². The second-order valence-electron chi connectivity index (χ2n) is 14.0. The molecule has 5 aromatic rings. The highest BCUT2D eigenvalue weighted by molar-refractivity contribution is 6.29. The molecule has 6 rings (SSSR count). The minimum absolute atomic E-state index is 0.126. The third-order valence-corrected chi connectivity index (χ3v) is 7.13. The molecule has 0 aliphatic carbocycles. The number of ether oxygens (including phenoxy) is 4. The first-order valence-corrected chi connectivity index (χ1v) is 16.7. The molecule has 0 bridgehead atoms. The first kappa shape index (κ1) is 38.8. The van der Waals surface area contributed by atoms with Gasteiger partial charge >= 0.3 is 11.9 Å². The topological polar surface area (TPSA) is 172 Å². The van der Waals surface area contributed by atoms with E-state index in [1.807, 2.05) is 0 Å². The van der Waals surface area contributed by atoms with Crippen molar-refractivity contribution in [3.05, 3.63) is 106 Å². The third kappa shape index (κ3) is 10.8. The maximum atomic E-state index is 14.4. The van der Waals surface area contributed by atoms with Gasteiger partial charge in [0.2, 0.25) is 0 Å². The van der Waals surface area contributed by atoms with Crippen LogP contribution in [0.1, 0.15) is 58.2 Å². The van der Waals surface area contributed by atoms with Crippen LogP contribution in [0.4, 0.5) is 14.6 Å². The molecule has 3 aromatic heterocycles. The van der Waals surface area contributed by atoms with Gasteiger partial charge in [0, 0.05) is 42.6 Å². The molecular weight excluding hydrogens is 704 g/mol. The quantitative estimate of drug-likeness (QED) is 0.165. The first-order valence-electron chi connectivity index (χ1n) is 16.7. The van der Waals surface area contributed by atoms with Crippen molar-refractivity contribution in [2.45, 2.75) is 72.0 Å². The molecule has 13 nitrogen and oxygen atoms in total. The third-order valence-electron chi connectivity index (χ3n) is 7.13. The van der Waals surface area contributed by atoms with Crippen LogP contribution in [-0.4, -0.2) is 55.1 Å². The Morgan fingerprint density at radius 3 is 1.83 bits per heavy atom. The Bertz CT molecular complexity index is 2310. The van der Waals surface area contributed by atoms with Gasteiger partial charge in [0.25, 0.3) is 5.56 Å². The van der Waals surface area contributed by atoms with Gasteiger partial charge in [-0.25, -0.2) is 28.7 Å². The number of rotatable bonds is 8. The molecule has 1 aliphatic rings. The minimum Gasteiger partial charge on any atom is -0.460 e. The van der Waals surface area contributed by atoms with Crippen LogP contribution in [0.2, 0.25) is 0 Å². The van der Waals surface area contributed by atoms with Crippen LogP contribution in [0.3, 0.4) is 0 Å². The Kier molecular flexibility index (Phi) is 11.6. The van der Waals surface area contributed by atoms with Gasteiger partial charge in [-0.05, 0) is 70.9 Å². The van der Waals surface area contributed by atoms with Crippen LogP contribution in [0.25, 0.3) is 11.2 Å².